The number of hydrogen-bond acceptors (Lipinski definition) is 2. The first-order chi connectivity index (χ1) is 13.6. The molecular weight excluding hydrogens is 354 g/mol. The minimum Gasteiger partial charge on any atom is -0.203 e. The lowest BCUT2D eigenvalue weighted by Gasteiger charge is -2.27. The van der Waals surface area contributed by atoms with Crippen LogP contribution in [0.25, 0.3) is 11.3 Å². The molecule has 152 valence electrons. The zero-order chi connectivity index (χ0) is 19.9. The highest BCUT2D eigenvalue weighted by molar-refractivity contribution is 5.60. The highest BCUT2D eigenvalue weighted by Crippen LogP contribution is 2.34. The Morgan fingerprint density at radius 2 is 1.61 bits per heavy atom. The van der Waals surface area contributed by atoms with Crippen molar-refractivity contribution in [3.63, 3.8) is 0 Å². The number of benzene rings is 1. The maximum absolute atomic E-state index is 14.7. The van der Waals surface area contributed by atoms with Gasteiger partial charge in [0.15, 0.2) is 11.6 Å². The summed E-state index contributed by atoms with van der Waals surface area (Å²) in [5, 5.41) is 8.27. The number of aromatic nitrogens is 2. The number of hydrogen-bond donors (Lipinski definition) is 0. The lowest BCUT2D eigenvalue weighted by Crippen LogP contribution is -2.14. The van der Waals surface area contributed by atoms with Gasteiger partial charge in [-0.25, -0.2) is 8.78 Å². The third kappa shape index (κ3) is 5.15. The highest BCUT2D eigenvalue weighted by atomic mass is 19.2. The molecule has 4 heteroatoms. The van der Waals surface area contributed by atoms with Crippen LogP contribution in [0.4, 0.5) is 8.78 Å². The first-order valence-electron chi connectivity index (χ1n) is 10.9. The van der Waals surface area contributed by atoms with E-state index in [0.717, 1.165) is 37.3 Å². The van der Waals surface area contributed by atoms with Crippen LogP contribution in [0.5, 0.6) is 0 Å². The van der Waals surface area contributed by atoms with Crippen LogP contribution in [0, 0.1) is 23.5 Å². The molecule has 0 spiro atoms. The molecule has 0 bridgehead atoms. The Labute approximate surface area is 167 Å². The van der Waals surface area contributed by atoms with Crippen LogP contribution in [0.3, 0.4) is 0 Å². The highest BCUT2D eigenvalue weighted by Gasteiger charge is 2.21. The van der Waals surface area contributed by atoms with Gasteiger partial charge in [0.05, 0.1) is 11.4 Å². The monoisotopic (exact) mass is 386 g/mol. The van der Waals surface area contributed by atoms with Crippen molar-refractivity contribution in [1.29, 1.82) is 0 Å². The van der Waals surface area contributed by atoms with Gasteiger partial charge in [-0.2, -0.15) is 10.2 Å². The molecule has 0 unspecified atom stereocenters. The number of unbranched alkanes of at least 4 members (excludes halogenated alkanes) is 1. The molecule has 1 saturated carbocycles. The third-order valence-electron chi connectivity index (χ3n) is 6.31. The van der Waals surface area contributed by atoms with E-state index in [9.17, 15) is 8.78 Å². The first-order valence-corrected chi connectivity index (χ1v) is 10.9. The zero-order valence-corrected chi connectivity index (χ0v) is 17.2. The van der Waals surface area contributed by atoms with Crippen LogP contribution in [-0.4, -0.2) is 10.2 Å². The van der Waals surface area contributed by atoms with E-state index in [-0.39, 0.29) is 5.56 Å². The Bertz CT molecular complexity index is 750. The summed E-state index contributed by atoms with van der Waals surface area (Å²) in [5.74, 6) is -0.0231. The second-order valence-electron chi connectivity index (χ2n) is 8.25. The SMILES string of the molecule is CCCCc1ccc(-c2ccc(CCC3CCC(CC)CC3)c(F)c2F)nn1. The predicted octanol–water partition coefficient (Wildman–Crippen LogP) is 6.91. The fraction of sp³-hybridized carbons (Fsp3) is 0.583. The number of halogens is 2. The van der Waals surface area contributed by atoms with Crippen molar-refractivity contribution in [2.45, 2.75) is 78.1 Å². The van der Waals surface area contributed by atoms with E-state index < -0.39 is 11.6 Å². The van der Waals surface area contributed by atoms with Gasteiger partial charge in [0.2, 0.25) is 0 Å². The molecule has 2 nitrogen and oxygen atoms in total. The molecule has 2 aromatic rings. The molecule has 1 heterocycles. The minimum atomic E-state index is -0.803. The quantitative estimate of drug-likeness (QED) is 0.492. The Kier molecular flexibility index (Phi) is 7.52. The van der Waals surface area contributed by atoms with Crippen molar-refractivity contribution in [3.8, 4) is 11.3 Å². The summed E-state index contributed by atoms with van der Waals surface area (Å²) in [6.45, 7) is 4.38. The van der Waals surface area contributed by atoms with E-state index >= 15 is 0 Å². The number of rotatable bonds is 8. The predicted molar refractivity (Wildman–Crippen MR) is 110 cm³/mol. The Hall–Kier alpha value is -1.84. The molecule has 0 radical (unpaired) electrons. The van der Waals surface area contributed by atoms with Crippen molar-refractivity contribution in [2.75, 3.05) is 0 Å². The molecule has 3 rings (SSSR count). The van der Waals surface area contributed by atoms with E-state index in [1.807, 2.05) is 6.07 Å². The summed E-state index contributed by atoms with van der Waals surface area (Å²) in [7, 11) is 0. The van der Waals surface area contributed by atoms with Gasteiger partial charge in [0, 0.05) is 5.56 Å². The van der Waals surface area contributed by atoms with E-state index in [0.29, 0.717) is 23.6 Å². The summed E-state index contributed by atoms with van der Waals surface area (Å²) < 4.78 is 29.3. The minimum absolute atomic E-state index is 0.194. The van der Waals surface area contributed by atoms with E-state index in [1.165, 1.54) is 32.1 Å². The van der Waals surface area contributed by atoms with Gasteiger partial charge in [-0.3, -0.25) is 0 Å². The van der Waals surface area contributed by atoms with Crippen molar-refractivity contribution < 1.29 is 8.78 Å². The summed E-state index contributed by atoms with van der Waals surface area (Å²) in [6.07, 6.45) is 10.8. The second-order valence-corrected chi connectivity index (χ2v) is 8.25. The van der Waals surface area contributed by atoms with E-state index in [2.05, 4.69) is 24.0 Å². The maximum Gasteiger partial charge on any atom is 0.168 e. The largest absolute Gasteiger partial charge is 0.203 e. The van der Waals surface area contributed by atoms with Crippen LogP contribution in [0.1, 0.15) is 76.5 Å². The fourth-order valence-electron chi connectivity index (χ4n) is 4.26. The van der Waals surface area contributed by atoms with Crippen molar-refractivity contribution in [1.82, 2.24) is 10.2 Å². The number of nitrogens with zero attached hydrogens (tertiary/aromatic N) is 2. The Balaban J connectivity index is 1.64. The summed E-state index contributed by atoms with van der Waals surface area (Å²) >= 11 is 0. The van der Waals surface area contributed by atoms with Gasteiger partial charge in [-0.15, -0.1) is 0 Å². The summed E-state index contributed by atoms with van der Waals surface area (Å²) in [6, 6.07) is 6.97. The second kappa shape index (κ2) is 10.1. The molecule has 1 fully saturated rings. The number of aryl methyl sites for hydroxylation is 2. The topological polar surface area (TPSA) is 25.8 Å². The van der Waals surface area contributed by atoms with Crippen molar-refractivity contribution >= 4 is 0 Å². The Morgan fingerprint density at radius 3 is 2.25 bits per heavy atom. The molecule has 1 aliphatic rings. The standard InChI is InChI=1S/C24H32F2N2/c1-3-5-6-20-14-16-22(28-27-20)21-15-13-19(23(25)24(21)26)12-11-18-9-7-17(4-2)8-10-18/h13-18H,3-12H2,1-2H3. The van der Waals surface area contributed by atoms with Gasteiger partial charge in [0.25, 0.3) is 0 Å². The van der Waals surface area contributed by atoms with Gasteiger partial charge in [-0.1, -0.05) is 58.4 Å². The smallest absolute Gasteiger partial charge is 0.168 e. The molecule has 0 atom stereocenters. The van der Waals surface area contributed by atoms with Gasteiger partial charge < -0.3 is 0 Å². The van der Waals surface area contributed by atoms with Crippen LogP contribution < -0.4 is 0 Å². The van der Waals surface area contributed by atoms with Crippen LogP contribution >= 0.6 is 0 Å². The molecule has 0 amide bonds. The van der Waals surface area contributed by atoms with Gasteiger partial charge in [-0.05, 0) is 61.3 Å². The fourth-order valence-corrected chi connectivity index (χ4v) is 4.26. The zero-order valence-electron chi connectivity index (χ0n) is 17.2. The van der Waals surface area contributed by atoms with Crippen LogP contribution in [-0.2, 0) is 12.8 Å². The molecule has 28 heavy (non-hydrogen) atoms. The van der Waals surface area contributed by atoms with Crippen molar-refractivity contribution in [3.05, 3.63) is 47.2 Å². The summed E-state index contributed by atoms with van der Waals surface area (Å²) in [5.41, 5.74) is 1.95. The first kappa shape index (κ1) is 20.9. The van der Waals surface area contributed by atoms with Gasteiger partial charge in [0.1, 0.15) is 0 Å². The van der Waals surface area contributed by atoms with Crippen LogP contribution in [0.2, 0.25) is 0 Å². The molecule has 0 aliphatic heterocycles. The average molecular weight is 387 g/mol. The molecule has 1 aromatic carbocycles. The van der Waals surface area contributed by atoms with Crippen molar-refractivity contribution in [2.24, 2.45) is 11.8 Å². The Morgan fingerprint density at radius 1 is 0.857 bits per heavy atom. The molecular formula is C24H32F2N2. The normalized spacial score (nSPS) is 19.7. The average Bonchev–Trinajstić information content (AvgIpc) is 2.74. The molecule has 0 N–H and O–H groups in total. The van der Waals surface area contributed by atoms with E-state index in [4.69, 9.17) is 0 Å². The van der Waals surface area contributed by atoms with Crippen LogP contribution in [0.15, 0.2) is 24.3 Å². The summed E-state index contributed by atoms with van der Waals surface area (Å²) in [4.78, 5) is 0. The lowest BCUT2D eigenvalue weighted by atomic mass is 9.78. The molecule has 1 aromatic heterocycles. The maximum atomic E-state index is 14.7. The van der Waals surface area contributed by atoms with E-state index in [1.54, 1.807) is 18.2 Å². The molecule has 0 saturated heterocycles. The van der Waals surface area contributed by atoms with Gasteiger partial charge >= 0.3 is 0 Å². The third-order valence-corrected chi connectivity index (χ3v) is 6.31. The molecule has 1 aliphatic carbocycles. The lowest BCUT2D eigenvalue weighted by molar-refractivity contribution is 0.258.